The maximum Gasteiger partial charge on any atom is 0.296 e. The van der Waals surface area contributed by atoms with Gasteiger partial charge in [-0.1, -0.05) is 30.5 Å². The van der Waals surface area contributed by atoms with Gasteiger partial charge in [-0.05, 0) is 36.8 Å². The van der Waals surface area contributed by atoms with Crippen LogP contribution < -0.4 is 5.32 Å². The van der Waals surface area contributed by atoms with Crippen LogP contribution in [0.2, 0.25) is 0 Å². The van der Waals surface area contributed by atoms with Gasteiger partial charge in [0.25, 0.3) is 5.91 Å². The normalized spacial score (nSPS) is 21.5. The number of aliphatic hydroxyl groups is 1. The van der Waals surface area contributed by atoms with Crippen molar-refractivity contribution in [2.75, 3.05) is 13.2 Å². The second-order valence-corrected chi connectivity index (χ2v) is 4.96. The molecular formula is C16H19NO2. The molecule has 1 aliphatic rings. The van der Waals surface area contributed by atoms with Crippen molar-refractivity contribution in [2.24, 2.45) is 11.8 Å². The largest absolute Gasteiger partial charge is 0.396 e. The maximum absolute atomic E-state index is 11.6. The van der Waals surface area contributed by atoms with E-state index in [1.165, 1.54) is 0 Å². The molecule has 2 unspecified atom stereocenters. The standard InChI is InChI=1S/C16H19NO2/c18-12-15-8-4-7-14(15)11-17-16(19)10-9-13-5-2-1-3-6-13/h1-3,5-6,14-15,18H,4,7-8,11-12H2,(H,17,19). The van der Waals surface area contributed by atoms with Crippen molar-refractivity contribution in [1.82, 2.24) is 5.32 Å². The number of carbonyl (C=O) groups excluding carboxylic acids is 1. The molecule has 3 nitrogen and oxygen atoms in total. The summed E-state index contributed by atoms with van der Waals surface area (Å²) < 4.78 is 0. The van der Waals surface area contributed by atoms with Crippen LogP contribution in [0.25, 0.3) is 0 Å². The molecule has 100 valence electrons. The quantitative estimate of drug-likeness (QED) is 0.807. The zero-order valence-electron chi connectivity index (χ0n) is 10.9. The predicted molar refractivity (Wildman–Crippen MR) is 74.2 cm³/mol. The fourth-order valence-electron chi connectivity index (χ4n) is 2.54. The average Bonchev–Trinajstić information content (AvgIpc) is 2.91. The summed E-state index contributed by atoms with van der Waals surface area (Å²) >= 11 is 0. The van der Waals surface area contributed by atoms with Gasteiger partial charge in [0.05, 0.1) is 0 Å². The molecule has 1 aromatic carbocycles. The van der Waals surface area contributed by atoms with Gasteiger partial charge in [-0.15, -0.1) is 0 Å². The minimum Gasteiger partial charge on any atom is -0.396 e. The number of carbonyl (C=O) groups is 1. The van der Waals surface area contributed by atoms with Crippen LogP contribution in [-0.2, 0) is 4.79 Å². The molecule has 2 N–H and O–H groups in total. The number of hydrogen-bond acceptors (Lipinski definition) is 2. The summed E-state index contributed by atoms with van der Waals surface area (Å²) in [5.41, 5.74) is 0.840. The topological polar surface area (TPSA) is 49.3 Å². The first-order valence-corrected chi connectivity index (χ1v) is 6.75. The van der Waals surface area contributed by atoms with Gasteiger partial charge in [0.2, 0.25) is 0 Å². The van der Waals surface area contributed by atoms with Crippen molar-refractivity contribution in [3.05, 3.63) is 35.9 Å². The van der Waals surface area contributed by atoms with Crippen LogP contribution in [0.3, 0.4) is 0 Å². The van der Waals surface area contributed by atoms with Crippen molar-refractivity contribution >= 4 is 5.91 Å². The molecule has 0 aromatic heterocycles. The second-order valence-electron chi connectivity index (χ2n) is 4.96. The minimum absolute atomic E-state index is 0.218. The summed E-state index contributed by atoms with van der Waals surface area (Å²) in [6, 6.07) is 9.46. The van der Waals surface area contributed by atoms with Crippen molar-refractivity contribution in [1.29, 1.82) is 0 Å². The van der Waals surface area contributed by atoms with E-state index in [1.54, 1.807) is 0 Å². The Hall–Kier alpha value is -1.79. The Bertz CT molecular complexity index is 473. The summed E-state index contributed by atoms with van der Waals surface area (Å²) in [6.45, 7) is 0.837. The Morgan fingerprint density at radius 1 is 1.26 bits per heavy atom. The third kappa shape index (κ3) is 4.11. The monoisotopic (exact) mass is 257 g/mol. The molecule has 19 heavy (non-hydrogen) atoms. The van der Waals surface area contributed by atoms with E-state index in [9.17, 15) is 9.90 Å². The molecule has 1 amide bonds. The smallest absolute Gasteiger partial charge is 0.296 e. The van der Waals surface area contributed by atoms with Gasteiger partial charge in [-0.25, -0.2) is 0 Å². The Morgan fingerprint density at radius 3 is 2.74 bits per heavy atom. The summed E-state index contributed by atoms with van der Waals surface area (Å²) in [7, 11) is 0. The van der Waals surface area contributed by atoms with Gasteiger partial charge in [-0.2, -0.15) is 0 Å². The maximum atomic E-state index is 11.6. The lowest BCUT2D eigenvalue weighted by molar-refractivity contribution is -0.115. The number of amides is 1. The zero-order chi connectivity index (χ0) is 13.5. The van der Waals surface area contributed by atoms with Crippen LogP contribution >= 0.6 is 0 Å². The highest BCUT2D eigenvalue weighted by molar-refractivity contribution is 5.94. The Kier molecular flexibility index (Phi) is 5.00. The summed E-state index contributed by atoms with van der Waals surface area (Å²) in [5.74, 6) is 5.92. The molecule has 2 rings (SSSR count). The molecule has 0 bridgehead atoms. The van der Waals surface area contributed by atoms with E-state index in [0.29, 0.717) is 18.4 Å². The van der Waals surface area contributed by atoms with Crippen LogP contribution in [-0.4, -0.2) is 24.2 Å². The Morgan fingerprint density at radius 2 is 2.00 bits per heavy atom. The Labute approximate surface area is 114 Å². The van der Waals surface area contributed by atoms with E-state index in [2.05, 4.69) is 17.2 Å². The van der Waals surface area contributed by atoms with E-state index in [0.717, 1.165) is 24.8 Å². The van der Waals surface area contributed by atoms with E-state index < -0.39 is 0 Å². The third-order valence-corrected chi connectivity index (χ3v) is 3.67. The first kappa shape index (κ1) is 13.6. The molecule has 0 heterocycles. The number of aliphatic hydroxyl groups excluding tert-OH is 1. The Balaban J connectivity index is 1.81. The highest BCUT2D eigenvalue weighted by Crippen LogP contribution is 2.30. The van der Waals surface area contributed by atoms with Crippen LogP contribution in [0.1, 0.15) is 24.8 Å². The third-order valence-electron chi connectivity index (χ3n) is 3.67. The highest BCUT2D eigenvalue weighted by atomic mass is 16.3. The lowest BCUT2D eigenvalue weighted by Gasteiger charge is -2.16. The van der Waals surface area contributed by atoms with Crippen molar-refractivity contribution < 1.29 is 9.90 Å². The van der Waals surface area contributed by atoms with Crippen molar-refractivity contribution in [2.45, 2.75) is 19.3 Å². The zero-order valence-corrected chi connectivity index (χ0v) is 10.9. The average molecular weight is 257 g/mol. The first-order chi connectivity index (χ1) is 9.29. The van der Waals surface area contributed by atoms with Crippen molar-refractivity contribution in [3.8, 4) is 11.8 Å². The van der Waals surface area contributed by atoms with Gasteiger partial charge in [0.1, 0.15) is 0 Å². The number of benzene rings is 1. The SMILES string of the molecule is O=C(C#Cc1ccccc1)NCC1CCCC1CO. The second kappa shape index (κ2) is 6.96. The lowest BCUT2D eigenvalue weighted by atomic mass is 9.97. The number of nitrogens with one attached hydrogen (secondary N) is 1. The van der Waals surface area contributed by atoms with Gasteiger partial charge in [0.15, 0.2) is 0 Å². The predicted octanol–water partition coefficient (Wildman–Crippen LogP) is 1.56. The summed E-state index contributed by atoms with van der Waals surface area (Å²) in [6.07, 6.45) is 3.28. The number of rotatable bonds is 3. The molecule has 1 fully saturated rings. The van der Waals surface area contributed by atoms with Crippen LogP contribution in [0, 0.1) is 23.7 Å². The van der Waals surface area contributed by atoms with E-state index in [1.807, 2.05) is 30.3 Å². The van der Waals surface area contributed by atoms with E-state index in [-0.39, 0.29) is 12.5 Å². The molecule has 0 saturated heterocycles. The number of hydrogen-bond donors (Lipinski definition) is 2. The van der Waals surface area contributed by atoms with Gasteiger partial charge in [0, 0.05) is 24.6 Å². The molecule has 1 saturated carbocycles. The van der Waals surface area contributed by atoms with Crippen LogP contribution in [0.5, 0.6) is 0 Å². The molecule has 1 aliphatic carbocycles. The highest BCUT2D eigenvalue weighted by Gasteiger charge is 2.26. The molecule has 3 heteroatoms. The molecular weight excluding hydrogens is 238 g/mol. The van der Waals surface area contributed by atoms with Crippen LogP contribution in [0.15, 0.2) is 30.3 Å². The molecule has 2 atom stereocenters. The van der Waals surface area contributed by atoms with Gasteiger partial charge in [-0.3, -0.25) is 4.79 Å². The molecule has 0 spiro atoms. The molecule has 0 aliphatic heterocycles. The first-order valence-electron chi connectivity index (χ1n) is 6.75. The summed E-state index contributed by atoms with van der Waals surface area (Å²) in [4.78, 5) is 11.6. The van der Waals surface area contributed by atoms with E-state index in [4.69, 9.17) is 0 Å². The van der Waals surface area contributed by atoms with Crippen molar-refractivity contribution in [3.63, 3.8) is 0 Å². The molecule has 1 aromatic rings. The fourth-order valence-corrected chi connectivity index (χ4v) is 2.54. The summed E-state index contributed by atoms with van der Waals surface area (Å²) in [5, 5.41) is 12.0. The van der Waals surface area contributed by atoms with Crippen LogP contribution in [0.4, 0.5) is 0 Å². The molecule has 0 radical (unpaired) electrons. The fraction of sp³-hybridized carbons (Fsp3) is 0.438. The lowest BCUT2D eigenvalue weighted by Crippen LogP contribution is -2.30. The van der Waals surface area contributed by atoms with E-state index >= 15 is 0 Å². The van der Waals surface area contributed by atoms with Gasteiger partial charge >= 0.3 is 0 Å². The minimum atomic E-state index is -0.243. The van der Waals surface area contributed by atoms with Gasteiger partial charge < -0.3 is 10.4 Å².